The van der Waals surface area contributed by atoms with Gasteiger partial charge >= 0.3 is 0 Å². The molecule has 12 rings (SSSR count). The van der Waals surface area contributed by atoms with Crippen LogP contribution in [0.25, 0.3) is 116 Å². The van der Waals surface area contributed by atoms with Gasteiger partial charge in [-0.05, 0) is 48.0 Å². The molecule has 0 N–H and O–H groups in total. The molecule has 0 amide bonds. The molecule has 276 valence electrons. The van der Waals surface area contributed by atoms with Crippen LogP contribution in [0.1, 0.15) is 0 Å². The van der Waals surface area contributed by atoms with Gasteiger partial charge < -0.3 is 4.42 Å². The SMILES string of the molecule is c1ccc(-c2nc(-c3ccc(-c4cccc5c4oc4ccccc45)cc3)nc(-c3cccc4sc5cc(-c6nc7ccccc7n6-c6ccccc6)ccc5c34)n2)cc1. The largest absolute Gasteiger partial charge is 0.455 e. The van der Waals surface area contributed by atoms with Crippen LogP contribution in [0.4, 0.5) is 0 Å². The first kappa shape index (κ1) is 33.4. The van der Waals surface area contributed by atoms with Crippen LogP contribution in [0, 0.1) is 0 Å². The summed E-state index contributed by atoms with van der Waals surface area (Å²) in [6.45, 7) is 0. The van der Waals surface area contributed by atoms with Crippen molar-refractivity contribution in [3.8, 4) is 62.4 Å². The molecule has 6 nitrogen and oxygen atoms in total. The lowest BCUT2D eigenvalue weighted by Gasteiger charge is -2.11. The van der Waals surface area contributed by atoms with Crippen LogP contribution in [0.15, 0.2) is 192 Å². The number of rotatable bonds is 6. The lowest BCUT2D eigenvalue weighted by molar-refractivity contribution is 0.670. The second-order valence-corrected chi connectivity index (χ2v) is 15.7. The van der Waals surface area contributed by atoms with E-state index in [9.17, 15) is 0 Å². The van der Waals surface area contributed by atoms with Gasteiger partial charge in [0.15, 0.2) is 17.5 Å². The molecule has 4 heterocycles. The maximum Gasteiger partial charge on any atom is 0.164 e. The summed E-state index contributed by atoms with van der Waals surface area (Å²) in [7, 11) is 0. The van der Waals surface area contributed by atoms with Crippen molar-refractivity contribution in [1.29, 1.82) is 0 Å². The molecule has 0 fully saturated rings. The minimum Gasteiger partial charge on any atom is -0.455 e. The third kappa shape index (κ3) is 5.55. The standard InChI is InChI=1S/C52H31N5OS/c1-3-13-33(14-4-1)49-54-50(34-27-25-32(26-28-34)37-18-11-19-39-38-17-7-10-23-44(38)58-48(37)39)56-51(55-49)41-20-12-24-45-47(41)40-30-29-35(31-46(40)59-45)52-53-42-21-8-9-22-43(42)57(52)36-15-5-2-6-16-36/h1-31H. The number of aromatic nitrogens is 5. The molecular formula is C52H31N5OS. The molecule has 0 spiro atoms. The van der Waals surface area contributed by atoms with Crippen LogP contribution in [0.2, 0.25) is 0 Å². The van der Waals surface area contributed by atoms with E-state index in [1.165, 1.54) is 9.40 Å². The molecule has 0 bridgehead atoms. The molecule has 0 saturated carbocycles. The van der Waals surface area contributed by atoms with Gasteiger partial charge in [-0.1, -0.05) is 146 Å². The summed E-state index contributed by atoms with van der Waals surface area (Å²) in [6.07, 6.45) is 0. The lowest BCUT2D eigenvalue weighted by atomic mass is 10.0. The van der Waals surface area contributed by atoms with Gasteiger partial charge in [-0.15, -0.1) is 11.3 Å². The fourth-order valence-corrected chi connectivity index (χ4v) is 9.50. The first-order valence-corrected chi connectivity index (χ1v) is 20.4. The van der Waals surface area contributed by atoms with Crippen molar-refractivity contribution >= 4 is 64.5 Å². The number of furan rings is 1. The molecule has 12 aromatic rings. The summed E-state index contributed by atoms with van der Waals surface area (Å²) in [5.41, 5.74) is 10.8. The van der Waals surface area contributed by atoms with Crippen molar-refractivity contribution < 1.29 is 4.42 Å². The normalized spacial score (nSPS) is 11.7. The van der Waals surface area contributed by atoms with Crippen LogP contribution >= 0.6 is 11.3 Å². The topological polar surface area (TPSA) is 69.6 Å². The Kier molecular flexibility index (Phi) is 7.61. The summed E-state index contributed by atoms with van der Waals surface area (Å²) >= 11 is 1.77. The minimum absolute atomic E-state index is 0.612. The average molecular weight is 774 g/mol. The zero-order valence-electron chi connectivity index (χ0n) is 31.5. The summed E-state index contributed by atoms with van der Waals surface area (Å²) in [6, 6.07) is 64.9. The monoisotopic (exact) mass is 773 g/mol. The van der Waals surface area contributed by atoms with Crippen molar-refractivity contribution in [3.05, 3.63) is 188 Å². The van der Waals surface area contributed by atoms with Crippen LogP contribution in [0.5, 0.6) is 0 Å². The number of nitrogens with zero attached hydrogens (tertiary/aromatic N) is 5. The predicted molar refractivity (Wildman–Crippen MR) is 242 cm³/mol. The maximum absolute atomic E-state index is 6.37. The molecule has 7 heteroatoms. The highest BCUT2D eigenvalue weighted by molar-refractivity contribution is 7.26. The summed E-state index contributed by atoms with van der Waals surface area (Å²) in [5, 5.41) is 4.50. The Morgan fingerprint density at radius 3 is 1.92 bits per heavy atom. The molecule has 0 aliphatic rings. The van der Waals surface area contributed by atoms with Crippen LogP contribution in [0.3, 0.4) is 0 Å². The molecule has 0 radical (unpaired) electrons. The minimum atomic E-state index is 0.612. The first-order chi connectivity index (χ1) is 29.2. The highest BCUT2D eigenvalue weighted by Crippen LogP contribution is 2.42. The maximum atomic E-state index is 6.37. The second kappa shape index (κ2) is 13.4. The summed E-state index contributed by atoms with van der Waals surface area (Å²) in [5.74, 6) is 2.78. The van der Waals surface area contributed by atoms with Gasteiger partial charge in [-0.2, -0.15) is 0 Å². The predicted octanol–water partition coefficient (Wildman–Crippen LogP) is 13.8. The molecule has 0 aliphatic heterocycles. The molecule has 0 atom stereocenters. The zero-order valence-corrected chi connectivity index (χ0v) is 32.3. The fourth-order valence-electron chi connectivity index (χ4n) is 8.32. The molecule has 0 aliphatic carbocycles. The van der Waals surface area contributed by atoms with Crippen LogP contribution < -0.4 is 0 Å². The highest BCUT2D eigenvalue weighted by atomic mass is 32.1. The van der Waals surface area contributed by atoms with E-state index in [2.05, 4.69) is 132 Å². The third-order valence-electron chi connectivity index (χ3n) is 11.1. The van der Waals surface area contributed by atoms with E-state index >= 15 is 0 Å². The average Bonchev–Trinajstić information content (AvgIpc) is 4.01. The van der Waals surface area contributed by atoms with Gasteiger partial charge in [-0.3, -0.25) is 4.57 Å². The van der Waals surface area contributed by atoms with E-state index in [4.69, 9.17) is 24.4 Å². The van der Waals surface area contributed by atoms with Gasteiger partial charge in [0, 0.05) is 64.4 Å². The van der Waals surface area contributed by atoms with Crippen molar-refractivity contribution in [2.24, 2.45) is 0 Å². The molecule has 59 heavy (non-hydrogen) atoms. The molecule has 0 saturated heterocycles. The Bertz CT molecular complexity index is 3550. The van der Waals surface area contributed by atoms with Crippen LogP contribution in [-0.4, -0.2) is 24.5 Å². The zero-order chi connectivity index (χ0) is 38.9. The Balaban J connectivity index is 0.985. The van der Waals surface area contributed by atoms with Crippen molar-refractivity contribution in [2.75, 3.05) is 0 Å². The van der Waals surface area contributed by atoms with E-state index in [0.29, 0.717) is 17.5 Å². The fraction of sp³-hybridized carbons (Fsp3) is 0. The molecule has 4 aromatic heterocycles. The molecular weight excluding hydrogens is 743 g/mol. The molecule has 8 aromatic carbocycles. The van der Waals surface area contributed by atoms with Gasteiger partial charge in [0.1, 0.15) is 17.0 Å². The van der Waals surface area contributed by atoms with Gasteiger partial charge in [-0.25, -0.2) is 19.9 Å². The van der Waals surface area contributed by atoms with Crippen LogP contribution in [-0.2, 0) is 0 Å². The number of imidazole rings is 1. The number of thiophene rings is 1. The summed E-state index contributed by atoms with van der Waals surface area (Å²) < 4.78 is 11.0. The van der Waals surface area contributed by atoms with E-state index in [-0.39, 0.29) is 0 Å². The number of fused-ring (bicyclic) bond motifs is 7. The number of benzene rings is 8. The van der Waals surface area contributed by atoms with Gasteiger partial charge in [0.25, 0.3) is 0 Å². The van der Waals surface area contributed by atoms with E-state index < -0.39 is 0 Å². The Morgan fingerprint density at radius 2 is 1.07 bits per heavy atom. The number of hydrogen-bond donors (Lipinski definition) is 0. The van der Waals surface area contributed by atoms with E-state index in [1.807, 2.05) is 60.7 Å². The van der Waals surface area contributed by atoms with Crippen molar-refractivity contribution in [1.82, 2.24) is 24.5 Å². The Morgan fingerprint density at radius 1 is 0.424 bits per heavy atom. The van der Waals surface area contributed by atoms with Gasteiger partial charge in [0.05, 0.1) is 11.0 Å². The van der Waals surface area contributed by atoms with Crippen molar-refractivity contribution in [2.45, 2.75) is 0 Å². The smallest absolute Gasteiger partial charge is 0.164 e. The Hall–Kier alpha value is -7.74. The second-order valence-electron chi connectivity index (χ2n) is 14.6. The Labute approximate surface area is 342 Å². The van der Waals surface area contributed by atoms with Gasteiger partial charge in [0.2, 0.25) is 0 Å². The third-order valence-corrected chi connectivity index (χ3v) is 12.2. The van der Waals surface area contributed by atoms with Crippen molar-refractivity contribution in [3.63, 3.8) is 0 Å². The highest BCUT2D eigenvalue weighted by Gasteiger charge is 2.20. The number of hydrogen-bond acceptors (Lipinski definition) is 6. The van der Waals surface area contributed by atoms with E-state index in [1.54, 1.807) is 11.3 Å². The van der Waals surface area contributed by atoms with E-state index in [0.717, 1.165) is 88.6 Å². The quantitative estimate of drug-likeness (QED) is 0.168. The first-order valence-electron chi connectivity index (χ1n) is 19.5. The molecule has 0 unspecified atom stereocenters. The number of para-hydroxylation sites is 5. The summed E-state index contributed by atoms with van der Waals surface area (Å²) in [4.78, 5) is 20.6. The lowest BCUT2D eigenvalue weighted by Crippen LogP contribution is -2.00.